The van der Waals surface area contributed by atoms with Crippen LogP contribution in [-0.2, 0) is 0 Å². The molecule has 0 amide bonds. The van der Waals surface area contributed by atoms with Gasteiger partial charge in [-0.05, 0) is 30.9 Å². The first kappa shape index (κ1) is 13.4. The van der Waals surface area contributed by atoms with Crippen LogP contribution < -0.4 is 9.64 Å². The van der Waals surface area contributed by atoms with Crippen LogP contribution >= 0.6 is 11.3 Å². The van der Waals surface area contributed by atoms with E-state index in [4.69, 9.17) is 9.72 Å². The van der Waals surface area contributed by atoms with Gasteiger partial charge >= 0.3 is 0 Å². The monoisotopic (exact) mass is 288 g/mol. The van der Waals surface area contributed by atoms with E-state index >= 15 is 0 Å². The molecule has 0 saturated carbocycles. The molecule has 0 spiro atoms. The molecule has 1 aromatic carbocycles. The lowest BCUT2D eigenvalue weighted by Gasteiger charge is -2.30. The number of ether oxygens (including phenoxy) is 1. The van der Waals surface area contributed by atoms with Gasteiger partial charge in [0.05, 0.1) is 12.8 Å². The average molecular weight is 288 g/mol. The van der Waals surface area contributed by atoms with E-state index in [-0.39, 0.29) is 0 Å². The van der Waals surface area contributed by atoms with Gasteiger partial charge in [0.25, 0.3) is 0 Å². The molecule has 0 radical (unpaired) electrons. The fourth-order valence-corrected chi connectivity index (χ4v) is 3.62. The van der Waals surface area contributed by atoms with Gasteiger partial charge in [0, 0.05) is 24.0 Å². The largest absolute Gasteiger partial charge is 0.496 e. The highest BCUT2D eigenvalue weighted by atomic mass is 32.1. The highest BCUT2D eigenvalue weighted by Gasteiger charge is 2.19. The van der Waals surface area contributed by atoms with Crippen molar-refractivity contribution in [2.45, 2.75) is 19.8 Å². The van der Waals surface area contributed by atoms with Crippen molar-refractivity contribution < 1.29 is 4.74 Å². The molecule has 3 nitrogen and oxygen atoms in total. The number of benzene rings is 1. The van der Waals surface area contributed by atoms with Crippen LogP contribution in [0.1, 0.15) is 19.8 Å². The summed E-state index contributed by atoms with van der Waals surface area (Å²) >= 11 is 1.73. The van der Waals surface area contributed by atoms with Gasteiger partial charge in [0.15, 0.2) is 5.13 Å². The van der Waals surface area contributed by atoms with Gasteiger partial charge in [-0.1, -0.05) is 19.1 Å². The van der Waals surface area contributed by atoms with Crippen LogP contribution in [0.5, 0.6) is 5.75 Å². The van der Waals surface area contributed by atoms with Crippen LogP contribution in [0.15, 0.2) is 29.6 Å². The van der Waals surface area contributed by atoms with E-state index in [0.717, 1.165) is 41.1 Å². The molecular formula is C16H20N2OS. The quantitative estimate of drug-likeness (QED) is 0.852. The SMILES string of the molecule is COc1ccccc1-c1csc(N2CCC[C@H](C)C2)n1. The Labute approximate surface area is 124 Å². The summed E-state index contributed by atoms with van der Waals surface area (Å²) in [5.74, 6) is 1.65. The zero-order chi connectivity index (χ0) is 13.9. The van der Waals surface area contributed by atoms with Crippen molar-refractivity contribution in [1.82, 2.24) is 4.98 Å². The van der Waals surface area contributed by atoms with Gasteiger partial charge in [0.2, 0.25) is 0 Å². The molecular weight excluding hydrogens is 268 g/mol. The smallest absolute Gasteiger partial charge is 0.185 e. The fourth-order valence-electron chi connectivity index (χ4n) is 2.75. The Kier molecular flexibility index (Phi) is 3.92. The number of thiazole rings is 1. The molecule has 2 heterocycles. The summed E-state index contributed by atoms with van der Waals surface area (Å²) in [5, 5.41) is 3.27. The minimum Gasteiger partial charge on any atom is -0.496 e. The molecule has 1 aliphatic rings. The fraction of sp³-hybridized carbons (Fsp3) is 0.438. The third-order valence-corrected chi connectivity index (χ3v) is 4.70. The maximum absolute atomic E-state index is 5.42. The maximum Gasteiger partial charge on any atom is 0.185 e. The molecule has 1 atom stereocenters. The number of rotatable bonds is 3. The molecule has 0 bridgehead atoms. The van der Waals surface area contributed by atoms with Crippen LogP contribution in [0.25, 0.3) is 11.3 Å². The van der Waals surface area contributed by atoms with Crippen molar-refractivity contribution in [3.8, 4) is 17.0 Å². The lowest BCUT2D eigenvalue weighted by atomic mass is 10.0. The van der Waals surface area contributed by atoms with Crippen molar-refractivity contribution in [2.24, 2.45) is 5.92 Å². The second kappa shape index (κ2) is 5.83. The first-order chi connectivity index (χ1) is 9.78. The van der Waals surface area contributed by atoms with Gasteiger partial charge in [-0.15, -0.1) is 11.3 Å². The van der Waals surface area contributed by atoms with Gasteiger partial charge < -0.3 is 9.64 Å². The minimum atomic E-state index is 0.766. The minimum absolute atomic E-state index is 0.766. The summed E-state index contributed by atoms with van der Waals surface area (Å²) in [4.78, 5) is 7.23. The van der Waals surface area contributed by atoms with E-state index in [9.17, 15) is 0 Å². The molecule has 0 aliphatic carbocycles. The van der Waals surface area contributed by atoms with E-state index in [2.05, 4.69) is 23.3 Å². The first-order valence-corrected chi connectivity index (χ1v) is 7.99. The van der Waals surface area contributed by atoms with E-state index in [0.29, 0.717) is 0 Å². The number of hydrogen-bond acceptors (Lipinski definition) is 4. The van der Waals surface area contributed by atoms with Crippen molar-refractivity contribution in [3.63, 3.8) is 0 Å². The van der Waals surface area contributed by atoms with Crippen LogP contribution in [0.3, 0.4) is 0 Å². The van der Waals surface area contributed by atoms with Gasteiger partial charge in [0.1, 0.15) is 5.75 Å². The van der Waals surface area contributed by atoms with Crippen LogP contribution in [-0.4, -0.2) is 25.2 Å². The third-order valence-electron chi connectivity index (χ3n) is 3.80. The summed E-state index contributed by atoms with van der Waals surface area (Å²) in [5.41, 5.74) is 2.09. The number of piperidine rings is 1. The zero-order valence-electron chi connectivity index (χ0n) is 12.0. The van der Waals surface area contributed by atoms with E-state index in [1.807, 2.05) is 18.2 Å². The number of hydrogen-bond donors (Lipinski definition) is 0. The number of aromatic nitrogens is 1. The first-order valence-electron chi connectivity index (χ1n) is 7.12. The Morgan fingerprint density at radius 1 is 1.35 bits per heavy atom. The lowest BCUT2D eigenvalue weighted by Crippen LogP contribution is -2.34. The second-order valence-electron chi connectivity index (χ2n) is 5.41. The highest BCUT2D eigenvalue weighted by molar-refractivity contribution is 7.14. The normalized spacial score (nSPS) is 19.1. The molecule has 106 valence electrons. The topological polar surface area (TPSA) is 25.4 Å². The van der Waals surface area contributed by atoms with Crippen LogP contribution in [0.2, 0.25) is 0 Å². The number of anilines is 1. The molecule has 4 heteroatoms. The van der Waals surface area contributed by atoms with Crippen molar-refractivity contribution in [3.05, 3.63) is 29.6 Å². The molecule has 3 rings (SSSR count). The highest BCUT2D eigenvalue weighted by Crippen LogP contribution is 2.34. The Morgan fingerprint density at radius 2 is 2.20 bits per heavy atom. The second-order valence-corrected chi connectivity index (χ2v) is 6.25. The Bertz CT molecular complexity index is 581. The molecule has 2 aromatic rings. The molecule has 0 N–H and O–H groups in total. The third kappa shape index (κ3) is 2.66. The van der Waals surface area contributed by atoms with Gasteiger partial charge in [-0.2, -0.15) is 0 Å². The summed E-state index contributed by atoms with van der Waals surface area (Å²) in [6, 6.07) is 8.07. The van der Waals surface area contributed by atoms with Crippen LogP contribution in [0.4, 0.5) is 5.13 Å². The number of para-hydroxylation sites is 1. The van der Waals surface area contributed by atoms with E-state index in [1.54, 1.807) is 18.4 Å². The van der Waals surface area contributed by atoms with Crippen molar-refractivity contribution in [1.29, 1.82) is 0 Å². The number of methoxy groups -OCH3 is 1. The average Bonchev–Trinajstić information content (AvgIpc) is 2.97. The van der Waals surface area contributed by atoms with Crippen LogP contribution in [0, 0.1) is 5.92 Å². The standard InChI is InChI=1S/C16H20N2OS/c1-12-6-5-9-18(10-12)16-17-14(11-20-16)13-7-3-4-8-15(13)19-2/h3-4,7-8,11-12H,5-6,9-10H2,1-2H3/t12-/m0/s1. The molecule has 1 aromatic heterocycles. The van der Waals surface area contributed by atoms with E-state index < -0.39 is 0 Å². The molecule has 1 aliphatic heterocycles. The Hall–Kier alpha value is -1.55. The molecule has 20 heavy (non-hydrogen) atoms. The molecule has 0 unspecified atom stereocenters. The predicted molar refractivity (Wildman–Crippen MR) is 84.7 cm³/mol. The lowest BCUT2D eigenvalue weighted by molar-refractivity contribution is 0.416. The van der Waals surface area contributed by atoms with Gasteiger partial charge in [-0.25, -0.2) is 4.98 Å². The van der Waals surface area contributed by atoms with Crippen molar-refractivity contribution >= 4 is 16.5 Å². The summed E-state index contributed by atoms with van der Waals surface area (Å²) in [6.07, 6.45) is 2.60. The molecule has 1 fully saturated rings. The van der Waals surface area contributed by atoms with Crippen molar-refractivity contribution in [2.75, 3.05) is 25.1 Å². The molecule has 1 saturated heterocycles. The zero-order valence-corrected chi connectivity index (χ0v) is 12.8. The maximum atomic E-state index is 5.42. The van der Waals surface area contributed by atoms with Gasteiger partial charge in [-0.3, -0.25) is 0 Å². The van der Waals surface area contributed by atoms with E-state index in [1.165, 1.54) is 12.8 Å². The summed E-state index contributed by atoms with van der Waals surface area (Å²) in [6.45, 7) is 4.57. The summed E-state index contributed by atoms with van der Waals surface area (Å²) in [7, 11) is 1.71. The summed E-state index contributed by atoms with van der Waals surface area (Å²) < 4.78 is 5.42. The Morgan fingerprint density at radius 3 is 3.00 bits per heavy atom. The Balaban J connectivity index is 1.86. The predicted octanol–water partition coefficient (Wildman–Crippen LogP) is 4.06. The number of nitrogens with zero attached hydrogens (tertiary/aromatic N) is 2.